The van der Waals surface area contributed by atoms with Crippen molar-refractivity contribution in [3.63, 3.8) is 0 Å². The maximum absolute atomic E-state index is 5.62. The third-order valence-electron chi connectivity index (χ3n) is 2.88. The molecule has 1 unspecified atom stereocenters. The van der Waals surface area contributed by atoms with Crippen LogP contribution in [0.2, 0.25) is 0 Å². The summed E-state index contributed by atoms with van der Waals surface area (Å²) < 4.78 is 10.8. The van der Waals surface area contributed by atoms with Crippen LogP contribution < -0.4 is 5.32 Å². The van der Waals surface area contributed by atoms with E-state index in [9.17, 15) is 0 Å². The second kappa shape index (κ2) is 8.08. The smallest absolute Gasteiger partial charge is 0.0704 e. The molecular formula is C12H25NO2. The van der Waals surface area contributed by atoms with Crippen LogP contribution in [0.5, 0.6) is 0 Å². The Labute approximate surface area is 93.5 Å². The molecular weight excluding hydrogens is 190 g/mol. The van der Waals surface area contributed by atoms with Crippen molar-refractivity contribution < 1.29 is 9.47 Å². The van der Waals surface area contributed by atoms with Gasteiger partial charge in [-0.05, 0) is 26.7 Å². The molecule has 0 aromatic rings. The predicted octanol–water partition coefficient (Wildman–Crippen LogP) is 1.96. The number of hydrogen-bond acceptors (Lipinski definition) is 3. The van der Waals surface area contributed by atoms with Crippen molar-refractivity contribution in [3.8, 4) is 0 Å². The number of nitrogens with one attached hydrogen (secondary N) is 1. The second-order valence-electron chi connectivity index (χ2n) is 4.27. The van der Waals surface area contributed by atoms with Crippen LogP contribution in [0.4, 0.5) is 0 Å². The summed E-state index contributed by atoms with van der Waals surface area (Å²) in [6.45, 7) is 7.29. The Morgan fingerprint density at radius 1 is 1.27 bits per heavy atom. The van der Waals surface area contributed by atoms with Gasteiger partial charge in [-0.1, -0.05) is 12.8 Å². The van der Waals surface area contributed by atoms with E-state index in [4.69, 9.17) is 9.47 Å². The Balaban J connectivity index is 1.90. The Morgan fingerprint density at radius 2 is 2.00 bits per heavy atom. The van der Waals surface area contributed by atoms with E-state index in [-0.39, 0.29) is 0 Å². The summed E-state index contributed by atoms with van der Waals surface area (Å²) in [5, 5.41) is 3.56. The minimum Gasteiger partial charge on any atom is -0.379 e. The Hall–Kier alpha value is -0.120. The van der Waals surface area contributed by atoms with Crippen LogP contribution in [-0.4, -0.2) is 38.5 Å². The van der Waals surface area contributed by atoms with Gasteiger partial charge in [0.05, 0.1) is 19.3 Å². The molecule has 0 radical (unpaired) electrons. The quantitative estimate of drug-likeness (QED) is 0.628. The summed E-state index contributed by atoms with van der Waals surface area (Å²) in [7, 11) is 0. The SMILES string of the molecule is CCOCCOC(C)CNC1CCCC1. The summed E-state index contributed by atoms with van der Waals surface area (Å²) in [6.07, 6.45) is 5.75. The van der Waals surface area contributed by atoms with Crippen molar-refractivity contribution in [2.45, 2.75) is 51.7 Å². The molecule has 3 heteroatoms. The van der Waals surface area contributed by atoms with Gasteiger partial charge >= 0.3 is 0 Å². The molecule has 1 atom stereocenters. The third kappa shape index (κ3) is 6.13. The van der Waals surface area contributed by atoms with Gasteiger partial charge < -0.3 is 14.8 Å². The maximum atomic E-state index is 5.62. The highest BCUT2D eigenvalue weighted by atomic mass is 16.5. The highest BCUT2D eigenvalue weighted by Gasteiger charge is 2.14. The Kier molecular flexibility index (Phi) is 6.98. The van der Waals surface area contributed by atoms with Crippen molar-refractivity contribution in [2.75, 3.05) is 26.4 Å². The molecule has 1 aliphatic rings. The average Bonchev–Trinajstić information content (AvgIpc) is 2.74. The van der Waals surface area contributed by atoms with Gasteiger partial charge in [0.1, 0.15) is 0 Å². The molecule has 0 aromatic heterocycles. The lowest BCUT2D eigenvalue weighted by molar-refractivity contribution is 0.0149. The third-order valence-corrected chi connectivity index (χ3v) is 2.88. The van der Waals surface area contributed by atoms with E-state index >= 15 is 0 Å². The molecule has 1 fully saturated rings. The number of hydrogen-bond donors (Lipinski definition) is 1. The van der Waals surface area contributed by atoms with Gasteiger partial charge in [-0.3, -0.25) is 0 Å². The lowest BCUT2D eigenvalue weighted by Crippen LogP contribution is -2.34. The Bertz CT molecular complexity index is 147. The van der Waals surface area contributed by atoms with Gasteiger partial charge in [-0.2, -0.15) is 0 Å². The molecule has 0 aliphatic heterocycles. The zero-order valence-corrected chi connectivity index (χ0v) is 10.1. The van der Waals surface area contributed by atoms with Crippen LogP contribution in [-0.2, 0) is 9.47 Å². The van der Waals surface area contributed by atoms with Gasteiger partial charge in [0.2, 0.25) is 0 Å². The minimum atomic E-state index is 0.297. The fraction of sp³-hybridized carbons (Fsp3) is 1.00. The molecule has 1 aliphatic carbocycles. The van der Waals surface area contributed by atoms with Crippen molar-refractivity contribution in [3.05, 3.63) is 0 Å². The van der Waals surface area contributed by atoms with Crippen molar-refractivity contribution >= 4 is 0 Å². The van der Waals surface area contributed by atoms with Crippen LogP contribution >= 0.6 is 0 Å². The first-order chi connectivity index (χ1) is 7.33. The molecule has 1 saturated carbocycles. The van der Waals surface area contributed by atoms with Gasteiger partial charge in [0.25, 0.3) is 0 Å². The van der Waals surface area contributed by atoms with Crippen molar-refractivity contribution in [1.82, 2.24) is 5.32 Å². The lowest BCUT2D eigenvalue weighted by atomic mass is 10.2. The average molecular weight is 215 g/mol. The summed E-state index contributed by atoms with van der Waals surface area (Å²) in [4.78, 5) is 0. The molecule has 0 amide bonds. The molecule has 3 nitrogen and oxygen atoms in total. The standard InChI is InChI=1S/C12H25NO2/c1-3-14-8-9-15-11(2)10-13-12-6-4-5-7-12/h11-13H,3-10H2,1-2H3. The molecule has 0 heterocycles. The van der Waals surface area contributed by atoms with E-state index < -0.39 is 0 Å². The lowest BCUT2D eigenvalue weighted by Gasteiger charge is -2.17. The normalized spacial score (nSPS) is 19.6. The second-order valence-corrected chi connectivity index (χ2v) is 4.27. The fourth-order valence-electron chi connectivity index (χ4n) is 1.97. The molecule has 1 N–H and O–H groups in total. The fourth-order valence-corrected chi connectivity index (χ4v) is 1.97. The van der Waals surface area contributed by atoms with Crippen LogP contribution in [0.15, 0.2) is 0 Å². The van der Waals surface area contributed by atoms with Crippen LogP contribution in [0.25, 0.3) is 0 Å². The molecule has 1 rings (SSSR count). The van der Waals surface area contributed by atoms with Crippen molar-refractivity contribution in [1.29, 1.82) is 0 Å². The summed E-state index contributed by atoms with van der Waals surface area (Å²) in [5.74, 6) is 0. The summed E-state index contributed by atoms with van der Waals surface area (Å²) in [5.41, 5.74) is 0. The summed E-state index contributed by atoms with van der Waals surface area (Å²) >= 11 is 0. The first-order valence-corrected chi connectivity index (χ1v) is 6.25. The number of rotatable bonds is 8. The van der Waals surface area contributed by atoms with E-state index in [2.05, 4.69) is 12.2 Å². The van der Waals surface area contributed by atoms with Crippen LogP contribution in [0.1, 0.15) is 39.5 Å². The molecule has 0 saturated heterocycles. The minimum absolute atomic E-state index is 0.297. The largest absolute Gasteiger partial charge is 0.379 e. The van der Waals surface area contributed by atoms with E-state index in [0.29, 0.717) is 19.3 Å². The Morgan fingerprint density at radius 3 is 2.67 bits per heavy atom. The van der Waals surface area contributed by atoms with E-state index in [1.807, 2.05) is 6.92 Å². The van der Waals surface area contributed by atoms with Crippen LogP contribution in [0, 0.1) is 0 Å². The van der Waals surface area contributed by atoms with Crippen molar-refractivity contribution in [2.24, 2.45) is 0 Å². The molecule has 90 valence electrons. The monoisotopic (exact) mass is 215 g/mol. The number of ether oxygens (including phenoxy) is 2. The van der Waals surface area contributed by atoms with Gasteiger partial charge in [-0.15, -0.1) is 0 Å². The van der Waals surface area contributed by atoms with Gasteiger partial charge in [-0.25, -0.2) is 0 Å². The van der Waals surface area contributed by atoms with Crippen LogP contribution in [0.3, 0.4) is 0 Å². The van der Waals surface area contributed by atoms with Gasteiger partial charge in [0, 0.05) is 19.2 Å². The van der Waals surface area contributed by atoms with E-state index in [1.54, 1.807) is 0 Å². The molecule has 0 bridgehead atoms. The molecule has 0 spiro atoms. The first-order valence-electron chi connectivity index (χ1n) is 6.25. The zero-order valence-electron chi connectivity index (χ0n) is 10.1. The zero-order chi connectivity index (χ0) is 10.9. The van der Waals surface area contributed by atoms with Gasteiger partial charge in [0.15, 0.2) is 0 Å². The molecule has 0 aromatic carbocycles. The maximum Gasteiger partial charge on any atom is 0.0704 e. The first kappa shape index (κ1) is 12.9. The van der Waals surface area contributed by atoms with E-state index in [1.165, 1.54) is 25.7 Å². The summed E-state index contributed by atoms with van der Waals surface area (Å²) in [6, 6.07) is 0.739. The predicted molar refractivity (Wildman–Crippen MR) is 62.2 cm³/mol. The highest BCUT2D eigenvalue weighted by Crippen LogP contribution is 2.17. The topological polar surface area (TPSA) is 30.5 Å². The molecule has 15 heavy (non-hydrogen) atoms. The highest BCUT2D eigenvalue weighted by molar-refractivity contribution is 4.74. The van der Waals surface area contributed by atoms with E-state index in [0.717, 1.165) is 19.2 Å².